The highest BCUT2D eigenvalue weighted by molar-refractivity contribution is 7.88. The molecule has 1 saturated heterocycles. The van der Waals surface area contributed by atoms with E-state index in [1.54, 1.807) is 23.2 Å². The molecule has 0 spiro atoms. The fourth-order valence-electron chi connectivity index (χ4n) is 3.09. The molecule has 0 radical (unpaired) electrons. The number of aryl methyl sites for hydroxylation is 1. The maximum atomic E-state index is 12.7. The Kier molecular flexibility index (Phi) is 4.96. The van der Waals surface area contributed by atoms with Gasteiger partial charge in [-0.3, -0.25) is 4.79 Å². The molecule has 0 bridgehead atoms. The largest absolute Gasteiger partial charge is 0.455 e. The smallest absolute Gasteiger partial charge is 0.289 e. The number of hydrogen-bond acceptors (Lipinski definition) is 5. The van der Waals surface area contributed by atoms with Crippen molar-refractivity contribution in [3.05, 3.63) is 41.9 Å². The van der Waals surface area contributed by atoms with E-state index in [-0.39, 0.29) is 24.1 Å². The van der Waals surface area contributed by atoms with Crippen molar-refractivity contribution in [3.63, 3.8) is 0 Å². The molecule has 136 valence electrons. The van der Waals surface area contributed by atoms with Gasteiger partial charge < -0.3 is 13.9 Å². The molecule has 3 rings (SSSR count). The zero-order chi connectivity index (χ0) is 18.0. The number of aromatic nitrogens is 2. The Morgan fingerprint density at radius 2 is 2.24 bits per heavy atom. The number of hydrogen-bond donors (Lipinski definition) is 1. The van der Waals surface area contributed by atoms with Gasteiger partial charge in [0.05, 0.1) is 12.8 Å². The summed E-state index contributed by atoms with van der Waals surface area (Å²) in [6.07, 6.45) is 6.66. The van der Waals surface area contributed by atoms with Crippen LogP contribution in [0.2, 0.25) is 0 Å². The number of nitrogens with one attached hydrogen (secondary N) is 1. The van der Waals surface area contributed by atoms with E-state index in [1.807, 2.05) is 17.8 Å². The van der Waals surface area contributed by atoms with Crippen molar-refractivity contribution in [2.75, 3.05) is 19.3 Å². The lowest BCUT2D eigenvalue weighted by molar-refractivity contribution is 0.0669. The van der Waals surface area contributed by atoms with Gasteiger partial charge in [-0.25, -0.2) is 18.1 Å². The fraction of sp³-hybridized carbons (Fsp3) is 0.500. The molecule has 0 aromatic carbocycles. The third kappa shape index (κ3) is 4.29. The van der Waals surface area contributed by atoms with E-state index in [0.29, 0.717) is 18.8 Å². The molecule has 1 aliphatic rings. The molecule has 1 atom stereocenters. The van der Waals surface area contributed by atoms with Crippen LogP contribution in [0.3, 0.4) is 0 Å². The number of likely N-dealkylation sites (tertiary alicyclic amines) is 1. The lowest BCUT2D eigenvalue weighted by atomic mass is 9.97. The molecule has 3 heterocycles. The van der Waals surface area contributed by atoms with Crippen LogP contribution in [0.25, 0.3) is 0 Å². The van der Waals surface area contributed by atoms with Gasteiger partial charge >= 0.3 is 0 Å². The van der Waals surface area contributed by atoms with E-state index in [0.717, 1.165) is 24.9 Å². The predicted octanol–water partition coefficient (Wildman–Crippen LogP) is 1.08. The van der Waals surface area contributed by atoms with E-state index in [1.165, 1.54) is 0 Å². The average molecular weight is 366 g/mol. The molecule has 1 amide bonds. The van der Waals surface area contributed by atoms with Crippen molar-refractivity contribution < 1.29 is 17.6 Å². The van der Waals surface area contributed by atoms with Gasteiger partial charge in [0.2, 0.25) is 10.0 Å². The van der Waals surface area contributed by atoms with Gasteiger partial charge in [0, 0.05) is 38.4 Å². The van der Waals surface area contributed by atoms with Crippen molar-refractivity contribution in [2.45, 2.75) is 25.3 Å². The summed E-state index contributed by atoms with van der Waals surface area (Å²) in [4.78, 5) is 18.8. The molecule has 0 saturated carbocycles. The maximum Gasteiger partial charge on any atom is 0.289 e. The Morgan fingerprint density at radius 1 is 1.44 bits per heavy atom. The summed E-state index contributed by atoms with van der Waals surface area (Å²) in [5.74, 6) is 1.65. The average Bonchev–Trinajstić information content (AvgIpc) is 3.20. The van der Waals surface area contributed by atoms with Gasteiger partial charge in [-0.05, 0) is 25.0 Å². The quantitative estimate of drug-likeness (QED) is 0.854. The van der Waals surface area contributed by atoms with Gasteiger partial charge in [0.15, 0.2) is 5.76 Å². The van der Waals surface area contributed by atoms with Gasteiger partial charge in [0.25, 0.3) is 5.91 Å². The first kappa shape index (κ1) is 17.7. The van der Waals surface area contributed by atoms with Crippen molar-refractivity contribution in [1.82, 2.24) is 19.2 Å². The molecule has 1 aliphatic heterocycles. The van der Waals surface area contributed by atoms with Crippen LogP contribution in [-0.4, -0.2) is 48.1 Å². The van der Waals surface area contributed by atoms with Gasteiger partial charge in [0.1, 0.15) is 11.6 Å². The van der Waals surface area contributed by atoms with Gasteiger partial charge in [-0.15, -0.1) is 0 Å². The third-order valence-electron chi connectivity index (χ3n) is 4.31. The molecule has 25 heavy (non-hydrogen) atoms. The number of carbonyl (C=O) groups excluding carboxylic acids is 1. The van der Waals surface area contributed by atoms with Gasteiger partial charge in [-0.1, -0.05) is 0 Å². The van der Waals surface area contributed by atoms with E-state index in [2.05, 4.69) is 9.71 Å². The van der Waals surface area contributed by atoms with E-state index < -0.39 is 10.0 Å². The summed E-state index contributed by atoms with van der Waals surface area (Å²) >= 11 is 0. The highest BCUT2D eigenvalue weighted by Crippen LogP contribution is 2.26. The number of carbonyl (C=O) groups is 1. The first-order valence-corrected chi connectivity index (χ1v) is 10.0. The highest BCUT2D eigenvalue weighted by Gasteiger charge is 2.28. The zero-order valence-corrected chi connectivity index (χ0v) is 15.1. The van der Waals surface area contributed by atoms with Crippen LogP contribution in [0.1, 0.15) is 40.9 Å². The van der Waals surface area contributed by atoms with E-state index in [9.17, 15) is 13.2 Å². The van der Waals surface area contributed by atoms with Crippen molar-refractivity contribution in [1.29, 1.82) is 0 Å². The van der Waals surface area contributed by atoms with Crippen LogP contribution < -0.4 is 4.72 Å². The summed E-state index contributed by atoms with van der Waals surface area (Å²) in [6, 6.07) is 3.21. The maximum absolute atomic E-state index is 12.7. The number of imidazole rings is 1. The van der Waals surface area contributed by atoms with E-state index >= 15 is 0 Å². The number of furan rings is 1. The monoisotopic (exact) mass is 366 g/mol. The van der Waals surface area contributed by atoms with Gasteiger partial charge in [-0.2, -0.15) is 0 Å². The van der Waals surface area contributed by atoms with Crippen LogP contribution in [0.5, 0.6) is 0 Å². The lowest BCUT2D eigenvalue weighted by Crippen LogP contribution is -2.39. The third-order valence-corrected chi connectivity index (χ3v) is 4.98. The van der Waals surface area contributed by atoms with Crippen LogP contribution in [0.4, 0.5) is 0 Å². The fourth-order valence-corrected chi connectivity index (χ4v) is 3.49. The topological polar surface area (TPSA) is 97.4 Å². The second kappa shape index (κ2) is 7.01. The molecule has 2 aromatic rings. The minimum atomic E-state index is -3.30. The predicted molar refractivity (Wildman–Crippen MR) is 91.5 cm³/mol. The number of nitrogens with zero attached hydrogens (tertiary/aromatic N) is 3. The number of rotatable bonds is 5. The normalized spacial score (nSPS) is 18.5. The minimum absolute atomic E-state index is 0.0298. The van der Waals surface area contributed by atoms with Crippen molar-refractivity contribution in [2.24, 2.45) is 7.05 Å². The standard InChI is InChI=1S/C16H22N4O4S/c1-19-9-7-17-15(19)12-4-3-8-20(11-12)16(21)14-6-5-13(24-14)10-18-25(2,22)23/h5-7,9,12,18H,3-4,8,10-11H2,1-2H3. The summed E-state index contributed by atoms with van der Waals surface area (Å²) in [5.41, 5.74) is 0. The zero-order valence-electron chi connectivity index (χ0n) is 14.3. The Hall–Kier alpha value is -2.13. The number of piperidine rings is 1. The van der Waals surface area contributed by atoms with Crippen molar-refractivity contribution >= 4 is 15.9 Å². The molecule has 8 nitrogen and oxygen atoms in total. The summed E-state index contributed by atoms with van der Waals surface area (Å²) < 4.78 is 32.1. The molecule has 2 aromatic heterocycles. The second-order valence-electron chi connectivity index (χ2n) is 6.35. The molecule has 1 unspecified atom stereocenters. The highest BCUT2D eigenvalue weighted by atomic mass is 32.2. The van der Waals surface area contributed by atoms with Crippen LogP contribution in [0.15, 0.2) is 28.9 Å². The Bertz CT molecular complexity index is 855. The van der Waals surface area contributed by atoms with Crippen LogP contribution >= 0.6 is 0 Å². The minimum Gasteiger partial charge on any atom is -0.455 e. The molecule has 1 N–H and O–H groups in total. The Balaban J connectivity index is 1.66. The Labute approximate surface area is 146 Å². The lowest BCUT2D eigenvalue weighted by Gasteiger charge is -2.31. The summed E-state index contributed by atoms with van der Waals surface area (Å²) in [6.45, 7) is 1.31. The van der Waals surface area contributed by atoms with Crippen LogP contribution in [0, 0.1) is 0 Å². The summed E-state index contributed by atoms with van der Waals surface area (Å²) in [5, 5.41) is 0. The molecule has 1 fully saturated rings. The first-order valence-electron chi connectivity index (χ1n) is 8.13. The molecule has 9 heteroatoms. The molecular formula is C16H22N4O4S. The van der Waals surface area contributed by atoms with Crippen LogP contribution in [-0.2, 0) is 23.6 Å². The second-order valence-corrected chi connectivity index (χ2v) is 8.18. The van der Waals surface area contributed by atoms with Crippen molar-refractivity contribution in [3.8, 4) is 0 Å². The SMILES string of the molecule is Cn1ccnc1C1CCCN(C(=O)c2ccc(CNS(C)(=O)=O)o2)C1. The molecular weight excluding hydrogens is 344 g/mol. The number of amides is 1. The first-order chi connectivity index (χ1) is 11.8. The Morgan fingerprint density at radius 3 is 2.92 bits per heavy atom. The molecule has 0 aliphatic carbocycles. The van der Waals surface area contributed by atoms with E-state index in [4.69, 9.17) is 4.42 Å². The summed E-state index contributed by atoms with van der Waals surface area (Å²) in [7, 11) is -1.35. The number of sulfonamides is 1.